The molecule has 2 heterocycles. The lowest BCUT2D eigenvalue weighted by molar-refractivity contribution is 0.101. The van der Waals surface area contributed by atoms with Crippen molar-refractivity contribution in [3.05, 3.63) is 42.0 Å². The van der Waals surface area contributed by atoms with Crippen LogP contribution in [0.25, 0.3) is 0 Å². The van der Waals surface area contributed by atoms with Crippen molar-refractivity contribution in [3.8, 4) is 0 Å². The molecule has 1 fully saturated rings. The van der Waals surface area contributed by atoms with Gasteiger partial charge in [-0.25, -0.2) is 13.4 Å². The first-order valence-corrected chi connectivity index (χ1v) is 9.84. The third-order valence-corrected chi connectivity index (χ3v) is 5.58. The number of carbonyl (C=O) groups is 1. The van der Waals surface area contributed by atoms with E-state index in [-0.39, 0.29) is 16.6 Å². The Hall–Kier alpha value is -2.15. The highest BCUT2D eigenvalue weighted by atomic mass is 32.2. The number of nitrogens with zero attached hydrogens (tertiary/aromatic N) is 2. The van der Waals surface area contributed by atoms with Crippen molar-refractivity contribution in [2.24, 2.45) is 0 Å². The molecule has 7 heteroatoms. The highest BCUT2D eigenvalue weighted by molar-refractivity contribution is 7.90. The number of benzene rings is 1. The summed E-state index contributed by atoms with van der Waals surface area (Å²) in [7, 11) is -3.37. The zero-order chi connectivity index (χ0) is 17.3. The molecule has 24 heavy (non-hydrogen) atoms. The highest BCUT2D eigenvalue weighted by Crippen LogP contribution is 2.33. The Labute approximate surface area is 141 Å². The second-order valence-electron chi connectivity index (χ2n) is 6.27. The van der Waals surface area contributed by atoms with Crippen molar-refractivity contribution in [3.63, 3.8) is 0 Å². The van der Waals surface area contributed by atoms with E-state index in [0.29, 0.717) is 17.8 Å². The van der Waals surface area contributed by atoms with E-state index in [2.05, 4.69) is 14.9 Å². The Morgan fingerprint density at radius 3 is 2.79 bits per heavy atom. The maximum Gasteiger partial charge on any atom is 0.177 e. The summed E-state index contributed by atoms with van der Waals surface area (Å²) in [4.78, 5) is 21.5. The third-order valence-electron chi connectivity index (χ3n) is 4.43. The van der Waals surface area contributed by atoms with Crippen LogP contribution >= 0.6 is 0 Å². The van der Waals surface area contributed by atoms with Crippen molar-refractivity contribution in [2.45, 2.75) is 30.6 Å². The second-order valence-corrected chi connectivity index (χ2v) is 8.25. The lowest BCUT2D eigenvalue weighted by Crippen LogP contribution is -2.35. The van der Waals surface area contributed by atoms with Gasteiger partial charge < -0.3 is 9.88 Å². The maximum atomic E-state index is 12.2. The van der Waals surface area contributed by atoms with E-state index in [1.54, 1.807) is 24.5 Å². The molecule has 2 aromatic rings. The number of piperidine rings is 1. The van der Waals surface area contributed by atoms with Gasteiger partial charge in [0.2, 0.25) is 0 Å². The number of carbonyl (C=O) groups excluding carboxylic acids is 1. The molecule has 0 aliphatic carbocycles. The molecular formula is C17H21N3O3S. The molecule has 0 radical (unpaired) electrons. The quantitative estimate of drug-likeness (QED) is 0.859. The molecule has 128 valence electrons. The number of hydrogen-bond donors (Lipinski definition) is 1. The van der Waals surface area contributed by atoms with Crippen LogP contribution < -0.4 is 4.90 Å². The monoisotopic (exact) mass is 347 g/mol. The molecule has 0 unspecified atom stereocenters. The minimum atomic E-state index is -3.37. The molecule has 6 nitrogen and oxygen atoms in total. The standard InChI is InChI=1S/C17H21N3O3S/c1-12(21)13-5-6-16(24(2,22)23)15(10-13)20-9-3-4-14(11-20)17-18-7-8-19-17/h5-8,10,14H,3-4,9,11H2,1-2H3,(H,18,19)/t14-/m0/s1. The van der Waals surface area contributed by atoms with Gasteiger partial charge in [0.05, 0.1) is 10.6 Å². The van der Waals surface area contributed by atoms with Gasteiger partial charge in [-0.15, -0.1) is 0 Å². The molecule has 1 saturated heterocycles. The number of sulfone groups is 1. The summed E-state index contributed by atoms with van der Waals surface area (Å²) < 4.78 is 24.3. The van der Waals surface area contributed by atoms with E-state index in [1.807, 2.05) is 0 Å². The smallest absolute Gasteiger partial charge is 0.177 e. The molecule has 0 bridgehead atoms. The van der Waals surface area contributed by atoms with Gasteiger partial charge in [0.25, 0.3) is 0 Å². The van der Waals surface area contributed by atoms with Crippen LogP contribution in [0.4, 0.5) is 5.69 Å². The first kappa shape index (κ1) is 16.7. The summed E-state index contributed by atoms with van der Waals surface area (Å²) in [5.74, 6) is 1.07. The summed E-state index contributed by atoms with van der Waals surface area (Å²) in [5, 5.41) is 0. The normalized spacial score (nSPS) is 18.6. The number of rotatable bonds is 4. The average Bonchev–Trinajstić information content (AvgIpc) is 3.08. The Morgan fingerprint density at radius 2 is 2.17 bits per heavy atom. The van der Waals surface area contributed by atoms with Crippen LogP contribution in [0.1, 0.15) is 41.9 Å². The molecule has 1 atom stereocenters. The van der Waals surface area contributed by atoms with Crippen LogP contribution in [0.2, 0.25) is 0 Å². The maximum absolute atomic E-state index is 12.2. The molecule has 0 spiro atoms. The van der Waals surface area contributed by atoms with Crippen molar-refractivity contribution < 1.29 is 13.2 Å². The van der Waals surface area contributed by atoms with Gasteiger partial charge in [0.15, 0.2) is 15.6 Å². The highest BCUT2D eigenvalue weighted by Gasteiger charge is 2.27. The van der Waals surface area contributed by atoms with Gasteiger partial charge in [0, 0.05) is 43.2 Å². The number of imidazole rings is 1. The predicted molar refractivity (Wildman–Crippen MR) is 92.3 cm³/mol. The fourth-order valence-corrected chi connectivity index (χ4v) is 4.10. The van der Waals surface area contributed by atoms with Crippen molar-refractivity contribution in [1.82, 2.24) is 9.97 Å². The zero-order valence-electron chi connectivity index (χ0n) is 13.8. The lowest BCUT2D eigenvalue weighted by atomic mass is 9.96. The second kappa shape index (κ2) is 6.39. The summed E-state index contributed by atoms with van der Waals surface area (Å²) in [6.45, 7) is 2.93. The molecule has 1 aliphatic heterocycles. The number of anilines is 1. The third kappa shape index (κ3) is 3.36. The van der Waals surface area contributed by atoms with Crippen molar-refractivity contribution >= 4 is 21.3 Å². The van der Waals surface area contributed by atoms with E-state index in [0.717, 1.165) is 25.2 Å². The van der Waals surface area contributed by atoms with E-state index in [4.69, 9.17) is 0 Å². The summed E-state index contributed by atoms with van der Waals surface area (Å²) >= 11 is 0. The Morgan fingerprint density at radius 1 is 1.38 bits per heavy atom. The van der Waals surface area contributed by atoms with Crippen LogP contribution in [0.15, 0.2) is 35.5 Å². The van der Waals surface area contributed by atoms with Crippen LogP contribution in [-0.4, -0.2) is 43.5 Å². The zero-order valence-corrected chi connectivity index (χ0v) is 14.6. The molecule has 1 aromatic carbocycles. The fraction of sp³-hybridized carbons (Fsp3) is 0.412. The Kier molecular flexibility index (Phi) is 4.45. The summed E-state index contributed by atoms with van der Waals surface area (Å²) in [6, 6.07) is 4.82. The average molecular weight is 347 g/mol. The number of Topliss-reactive ketones (excluding diaryl/α,β-unsaturated/α-hetero) is 1. The summed E-state index contributed by atoms with van der Waals surface area (Å²) in [5.41, 5.74) is 1.14. The molecule has 0 amide bonds. The van der Waals surface area contributed by atoms with Gasteiger partial charge in [-0.2, -0.15) is 0 Å². The first-order valence-electron chi connectivity index (χ1n) is 7.95. The number of aromatic nitrogens is 2. The lowest BCUT2D eigenvalue weighted by Gasteiger charge is -2.34. The Balaban J connectivity index is 2.00. The van der Waals surface area contributed by atoms with Crippen LogP contribution in [0, 0.1) is 0 Å². The number of hydrogen-bond acceptors (Lipinski definition) is 5. The van der Waals surface area contributed by atoms with E-state index in [1.165, 1.54) is 19.2 Å². The van der Waals surface area contributed by atoms with Gasteiger partial charge in [-0.05, 0) is 38.0 Å². The van der Waals surface area contributed by atoms with Gasteiger partial charge in [-0.3, -0.25) is 4.79 Å². The van der Waals surface area contributed by atoms with Gasteiger partial charge in [0.1, 0.15) is 5.82 Å². The predicted octanol–water partition coefficient (Wildman–Crippen LogP) is 2.40. The van der Waals surface area contributed by atoms with Crippen molar-refractivity contribution in [2.75, 3.05) is 24.2 Å². The number of nitrogens with one attached hydrogen (secondary N) is 1. The largest absolute Gasteiger partial charge is 0.370 e. The van der Waals surface area contributed by atoms with Crippen molar-refractivity contribution in [1.29, 1.82) is 0 Å². The first-order chi connectivity index (χ1) is 11.4. The molecule has 3 rings (SSSR count). The summed E-state index contributed by atoms with van der Waals surface area (Å²) in [6.07, 6.45) is 6.68. The van der Waals surface area contributed by atoms with E-state index < -0.39 is 9.84 Å². The number of H-pyrrole nitrogens is 1. The van der Waals surface area contributed by atoms with Crippen LogP contribution in [-0.2, 0) is 9.84 Å². The van der Waals surface area contributed by atoms with E-state index >= 15 is 0 Å². The molecule has 1 aliphatic rings. The van der Waals surface area contributed by atoms with Gasteiger partial charge in [-0.1, -0.05) is 0 Å². The van der Waals surface area contributed by atoms with Crippen LogP contribution in [0.5, 0.6) is 0 Å². The number of aromatic amines is 1. The van der Waals surface area contributed by atoms with Gasteiger partial charge >= 0.3 is 0 Å². The van der Waals surface area contributed by atoms with Crippen LogP contribution in [0.3, 0.4) is 0 Å². The minimum absolute atomic E-state index is 0.0732. The molecule has 0 saturated carbocycles. The number of ketones is 1. The van der Waals surface area contributed by atoms with E-state index in [9.17, 15) is 13.2 Å². The topological polar surface area (TPSA) is 83.1 Å². The molecule has 1 N–H and O–H groups in total. The SMILES string of the molecule is CC(=O)c1ccc(S(C)(=O)=O)c(N2CCC[C@H](c3ncc[nH]3)C2)c1. The fourth-order valence-electron chi connectivity index (χ4n) is 3.22. The minimum Gasteiger partial charge on any atom is -0.370 e. The molecule has 1 aromatic heterocycles. The Bertz CT molecular complexity index is 844. The molecular weight excluding hydrogens is 326 g/mol.